The van der Waals surface area contributed by atoms with E-state index in [9.17, 15) is 5.11 Å². The largest absolute Gasteiger partial charge is 0.385 e. The van der Waals surface area contributed by atoms with E-state index < -0.39 is 5.60 Å². The summed E-state index contributed by atoms with van der Waals surface area (Å²) in [4.78, 5) is 0. The van der Waals surface area contributed by atoms with Crippen molar-refractivity contribution in [2.45, 2.75) is 18.9 Å². The van der Waals surface area contributed by atoms with Gasteiger partial charge in [-0.05, 0) is 13.0 Å². The molecule has 0 spiro atoms. The first-order valence-electron chi connectivity index (χ1n) is 4.65. The normalized spacial score (nSPS) is 15.0. The van der Waals surface area contributed by atoms with Gasteiger partial charge in [-0.1, -0.05) is 35.3 Å². The van der Waals surface area contributed by atoms with E-state index in [2.05, 4.69) is 0 Å². The topological polar surface area (TPSA) is 29.5 Å². The van der Waals surface area contributed by atoms with Crippen LogP contribution in [0.3, 0.4) is 0 Å². The average Bonchev–Trinajstić information content (AvgIpc) is 2.19. The highest BCUT2D eigenvalue weighted by Crippen LogP contribution is 2.34. The van der Waals surface area contributed by atoms with Crippen molar-refractivity contribution in [3.05, 3.63) is 33.8 Å². The Labute approximate surface area is 99.8 Å². The van der Waals surface area contributed by atoms with Crippen molar-refractivity contribution in [1.29, 1.82) is 0 Å². The molecule has 0 saturated carbocycles. The predicted molar refractivity (Wildman–Crippen MR) is 62.5 cm³/mol. The second kappa shape index (κ2) is 5.17. The number of aliphatic hydroxyl groups is 1. The first-order valence-corrected chi connectivity index (χ1v) is 5.40. The van der Waals surface area contributed by atoms with Crippen molar-refractivity contribution in [2.24, 2.45) is 0 Å². The molecule has 1 unspecified atom stereocenters. The van der Waals surface area contributed by atoms with Gasteiger partial charge in [-0.3, -0.25) is 0 Å². The summed E-state index contributed by atoms with van der Waals surface area (Å²) in [5.74, 6) is 0. The van der Waals surface area contributed by atoms with Crippen LogP contribution in [0.15, 0.2) is 18.2 Å². The van der Waals surface area contributed by atoms with Gasteiger partial charge in [0.15, 0.2) is 0 Å². The molecular weight excluding hydrogens is 235 g/mol. The van der Waals surface area contributed by atoms with Crippen molar-refractivity contribution in [3.8, 4) is 0 Å². The minimum Gasteiger partial charge on any atom is -0.385 e. The molecule has 1 aromatic carbocycles. The van der Waals surface area contributed by atoms with Crippen LogP contribution in [-0.2, 0) is 10.3 Å². The maximum atomic E-state index is 10.2. The Kier molecular flexibility index (Phi) is 4.41. The van der Waals surface area contributed by atoms with Crippen molar-refractivity contribution < 1.29 is 9.84 Å². The molecular formula is C11H14Cl2O2. The van der Waals surface area contributed by atoms with Crippen molar-refractivity contribution in [2.75, 3.05) is 13.7 Å². The van der Waals surface area contributed by atoms with Crippen LogP contribution in [0.4, 0.5) is 0 Å². The van der Waals surface area contributed by atoms with Crippen LogP contribution in [0.1, 0.15) is 18.9 Å². The van der Waals surface area contributed by atoms with Crippen LogP contribution >= 0.6 is 23.2 Å². The molecule has 1 aromatic rings. The molecule has 1 N–H and O–H groups in total. The van der Waals surface area contributed by atoms with Gasteiger partial charge >= 0.3 is 0 Å². The van der Waals surface area contributed by atoms with Crippen LogP contribution < -0.4 is 0 Å². The van der Waals surface area contributed by atoms with E-state index in [-0.39, 0.29) is 0 Å². The van der Waals surface area contributed by atoms with Crippen LogP contribution in [0.2, 0.25) is 10.0 Å². The lowest BCUT2D eigenvalue weighted by Crippen LogP contribution is -2.23. The standard InChI is InChI=1S/C11H14Cl2O2/c1-11(14,6-7-15-2)8-4-3-5-9(12)10(8)13/h3-5,14H,6-7H2,1-2H3. The first-order chi connectivity index (χ1) is 6.99. The Morgan fingerprint density at radius 1 is 1.40 bits per heavy atom. The minimum absolute atomic E-state index is 0.403. The van der Waals surface area contributed by atoms with Gasteiger partial charge in [0.1, 0.15) is 0 Å². The summed E-state index contributed by atoms with van der Waals surface area (Å²) in [5, 5.41) is 11.1. The Bertz CT molecular complexity index is 337. The molecule has 84 valence electrons. The zero-order chi connectivity index (χ0) is 11.5. The average molecular weight is 249 g/mol. The third kappa shape index (κ3) is 3.08. The fourth-order valence-corrected chi connectivity index (χ4v) is 1.86. The summed E-state index contributed by atoms with van der Waals surface area (Å²) in [7, 11) is 1.59. The number of halogens is 2. The molecule has 15 heavy (non-hydrogen) atoms. The lowest BCUT2D eigenvalue weighted by molar-refractivity contribution is 0.0211. The second-order valence-electron chi connectivity index (χ2n) is 3.62. The molecule has 0 aliphatic heterocycles. The molecule has 0 heterocycles. The van der Waals surface area contributed by atoms with Gasteiger partial charge in [0, 0.05) is 25.7 Å². The predicted octanol–water partition coefficient (Wildman–Crippen LogP) is 3.24. The molecule has 0 saturated heterocycles. The molecule has 0 bridgehead atoms. The zero-order valence-electron chi connectivity index (χ0n) is 8.76. The van der Waals surface area contributed by atoms with Gasteiger partial charge in [0.2, 0.25) is 0 Å². The lowest BCUT2D eigenvalue weighted by Gasteiger charge is -2.24. The number of benzene rings is 1. The van der Waals surface area contributed by atoms with Crippen molar-refractivity contribution in [1.82, 2.24) is 0 Å². The van der Waals surface area contributed by atoms with E-state index >= 15 is 0 Å². The molecule has 4 heteroatoms. The third-order valence-electron chi connectivity index (χ3n) is 2.32. The number of rotatable bonds is 4. The Morgan fingerprint density at radius 2 is 2.07 bits per heavy atom. The highest BCUT2D eigenvalue weighted by molar-refractivity contribution is 6.42. The summed E-state index contributed by atoms with van der Waals surface area (Å²) in [5.41, 5.74) is -0.383. The summed E-state index contributed by atoms with van der Waals surface area (Å²) < 4.78 is 4.93. The smallest absolute Gasteiger partial charge is 0.0905 e. The fraction of sp³-hybridized carbons (Fsp3) is 0.455. The highest BCUT2D eigenvalue weighted by atomic mass is 35.5. The summed E-state index contributed by atoms with van der Waals surface area (Å²) in [6, 6.07) is 5.23. The number of ether oxygens (including phenoxy) is 1. The van der Waals surface area contributed by atoms with Gasteiger partial charge in [0.25, 0.3) is 0 Å². The molecule has 0 radical (unpaired) electrons. The zero-order valence-corrected chi connectivity index (χ0v) is 10.3. The highest BCUT2D eigenvalue weighted by Gasteiger charge is 2.26. The molecule has 2 nitrogen and oxygen atoms in total. The van der Waals surface area contributed by atoms with Crippen LogP contribution in [0, 0.1) is 0 Å². The van der Waals surface area contributed by atoms with Crippen LogP contribution in [-0.4, -0.2) is 18.8 Å². The minimum atomic E-state index is -1.02. The van der Waals surface area contributed by atoms with E-state index in [4.69, 9.17) is 27.9 Å². The quantitative estimate of drug-likeness (QED) is 0.887. The van der Waals surface area contributed by atoms with Crippen molar-refractivity contribution in [3.63, 3.8) is 0 Å². The van der Waals surface area contributed by atoms with Crippen LogP contribution in [0.5, 0.6) is 0 Å². The van der Waals surface area contributed by atoms with Gasteiger partial charge < -0.3 is 9.84 Å². The molecule has 0 fully saturated rings. The number of hydrogen-bond acceptors (Lipinski definition) is 2. The van der Waals surface area contributed by atoms with Gasteiger partial charge in [0.05, 0.1) is 15.6 Å². The number of hydrogen-bond donors (Lipinski definition) is 1. The van der Waals surface area contributed by atoms with E-state index in [0.717, 1.165) is 0 Å². The summed E-state index contributed by atoms with van der Waals surface area (Å²) >= 11 is 11.9. The van der Waals surface area contributed by atoms with Gasteiger partial charge in [-0.2, -0.15) is 0 Å². The molecule has 0 aliphatic carbocycles. The van der Waals surface area contributed by atoms with Crippen molar-refractivity contribution >= 4 is 23.2 Å². The molecule has 0 aromatic heterocycles. The Hall–Kier alpha value is -0.280. The van der Waals surface area contributed by atoms with E-state index in [1.54, 1.807) is 32.2 Å². The molecule has 1 atom stereocenters. The maximum absolute atomic E-state index is 10.2. The van der Waals surface area contributed by atoms with Gasteiger partial charge in [-0.25, -0.2) is 0 Å². The second-order valence-corrected chi connectivity index (χ2v) is 4.40. The van der Waals surface area contributed by atoms with E-state index in [0.29, 0.717) is 28.6 Å². The van der Waals surface area contributed by atoms with Gasteiger partial charge in [-0.15, -0.1) is 0 Å². The lowest BCUT2D eigenvalue weighted by atomic mass is 9.93. The summed E-state index contributed by atoms with van der Waals surface area (Å²) in [6.45, 7) is 2.17. The Balaban J connectivity index is 2.98. The molecule has 0 amide bonds. The monoisotopic (exact) mass is 248 g/mol. The third-order valence-corrected chi connectivity index (χ3v) is 3.14. The molecule has 1 rings (SSSR count). The maximum Gasteiger partial charge on any atom is 0.0905 e. The summed E-state index contributed by atoms with van der Waals surface area (Å²) in [6.07, 6.45) is 0.476. The Morgan fingerprint density at radius 3 is 2.67 bits per heavy atom. The number of methoxy groups -OCH3 is 1. The van der Waals surface area contributed by atoms with E-state index in [1.807, 2.05) is 0 Å². The molecule has 0 aliphatic rings. The SMILES string of the molecule is COCCC(C)(O)c1cccc(Cl)c1Cl. The first kappa shape index (κ1) is 12.8. The van der Waals surface area contributed by atoms with Crippen LogP contribution in [0.25, 0.3) is 0 Å². The van der Waals surface area contributed by atoms with E-state index in [1.165, 1.54) is 0 Å². The fourth-order valence-electron chi connectivity index (χ4n) is 1.36.